The van der Waals surface area contributed by atoms with E-state index in [2.05, 4.69) is 17.4 Å². The fraction of sp³-hybridized carbons (Fsp3) is 0.136. The van der Waals surface area contributed by atoms with Gasteiger partial charge >= 0.3 is 0 Å². The van der Waals surface area contributed by atoms with Gasteiger partial charge in [0.15, 0.2) is 0 Å². The molecule has 0 saturated heterocycles. The second kappa shape index (κ2) is 7.07. The minimum absolute atomic E-state index is 0.114. The Balaban J connectivity index is 1.81. The topological polar surface area (TPSA) is 68.2 Å². The van der Waals surface area contributed by atoms with E-state index in [4.69, 9.17) is 0 Å². The van der Waals surface area contributed by atoms with Crippen molar-refractivity contribution in [3.05, 3.63) is 69.2 Å². The monoisotopic (exact) mass is 514 g/mol. The highest BCUT2D eigenvalue weighted by Crippen LogP contribution is 2.39. The Morgan fingerprint density at radius 2 is 1.55 bits per heavy atom. The van der Waals surface area contributed by atoms with Gasteiger partial charge in [0.2, 0.25) is 5.91 Å². The van der Waals surface area contributed by atoms with Crippen LogP contribution in [0.4, 0.5) is 0 Å². The van der Waals surface area contributed by atoms with Gasteiger partial charge in [0.25, 0.3) is 11.1 Å². The van der Waals surface area contributed by atoms with Crippen LogP contribution in [-0.2, 0) is 11.3 Å². The van der Waals surface area contributed by atoms with E-state index in [1.807, 2.05) is 59.0 Å². The quantitative estimate of drug-likeness (QED) is 0.171. The van der Waals surface area contributed by atoms with Gasteiger partial charge in [0, 0.05) is 44.0 Å². The SMILES string of the molecule is O=C(CI)NCCn1c(=O)c2ccc3sc4ccccc4c4ccc(c1=O)c2c34. The Kier molecular flexibility index (Phi) is 4.51. The van der Waals surface area contributed by atoms with Crippen molar-refractivity contribution in [3.63, 3.8) is 0 Å². The van der Waals surface area contributed by atoms with Crippen molar-refractivity contribution >= 4 is 81.6 Å². The molecule has 2 aromatic heterocycles. The number of rotatable bonds is 4. The number of amides is 1. The third-order valence-electron chi connectivity index (χ3n) is 5.25. The molecule has 2 heterocycles. The average Bonchev–Trinajstić information content (AvgIpc) is 2.75. The Bertz CT molecular complexity index is 1500. The smallest absolute Gasteiger partial charge is 0.261 e. The third kappa shape index (κ3) is 2.83. The third-order valence-corrected chi connectivity index (χ3v) is 7.08. The van der Waals surface area contributed by atoms with Crippen LogP contribution in [0, 0.1) is 0 Å². The predicted molar refractivity (Wildman–Crippen MR) is 128 cm³/mol. The molecule has 5 rings (SSSR count). The van der Waals surface area contributed by atoms with E-state index >= 15 is 0 Å². The van der Waals surface area contributed by atoms with Gasteiger partial charge in [-0.1, -0.05) is 46.9 Å². The van der Waals surface area contributed by atoms with Crippen molar-refractivity contribution in [2.24, 2.45) is 0 Å². The van der Waals surface area contributed by atoms with Crippen LogP contribution in [-0.4, -0.2) is 21.4 Å². The normalized spacial score (nSPS) is 11.8. The number of benzene rings is 3. The Hall–Kier alpha value is -2.52. The lowest BCUT2D eigenvalue weighted by Gasteiger charge is -2.14. The molecular weight excluding hydrogens is 499 g/mol. The molecule has 144 valence electrons. The van der Waals surface area contributed by atoms with Crippen LogP contribution in [0.15, 0.2) is 58.1 Å². The summed E-state index contributed by atoms with van der Waals surface area (Å²) in [6.07, 6.45) is 0. The standard InChI is InChI=1S/C22H15IN2O3S/c23-11-18(26)24-9-10-25-21(27)14-6-5-13-12-3-1-2-4-16(12)29-17-8-7-15(22(25)28)19(14)20(13)17/h1-8H,9-11H2,(H,24,26). The number of hydrogen-bond donors (Lipinski definition) is 1. The van der Waals surface area contributed by atoms with Crippen LogP contribution < -0.4 is 16.4 Å². The number of nitrogens with zero attached hydrogens (tertiary/aromatic N) is 1. The summed E-state index contributed by atoms with van der Waals surface area (Å²) in [7, 11) is 0. The maximum Gasteiger partial charge on any atom is 0.261 e. The molecule has 7 heteroatoms. The van der Waals surface area contributed by atoms with Crippen molar-refractivity contribution in [2.45, 2.75) is 6.54 Å². The van der Waals surface area contributed by atoms with Gasteiger partial charge in [-0.15, -0.1) is 11.3 Å². The Morgan fingerprint density at radius 1 is 0.862 bits per heavy atom. The number of fused-ring (bicyclic) bond motifs is 2. The maximum atomic E-state index is 13.1. The minimum Gasteiger partial charge on any atom is -0.354 e. The minimum atomic E-state index is -0.307. The fourth-order valence-electron chi connectivity index (χ4n) is 3.97. The number of nitrogens with one attached hydrogen (secondary N) is 1. The van der Waals surface area contributed by atoms with Crippen LogP contribution >= 0.6 is 33.9 Å². The second-order valence-corrected chi connectivity index (χ2v) is 8.71. The first-order chi connectivity index (χ1) is 14.1. The van der Waals surface area contributed by atoms with E-state index < -0.39 is 0 Å². The molecule has 0 fully saturated rings. The number of pyridine rings is 1. The maximum absolute atomic E-state index is 13.1. The lowest BCUT2D eigenvalue weighted by Crippen LogP contribution is -2.38. The molecule has 1 amide bonds. The fourth-order valence-corrected chi connectivity index (χ4v) is 5.36. The lowest BCUT2D eigenvalue weighted by atomic mass is 9.98. The van der Waals surface area contributed by atoms with Crippen molar-refractivity contribution < 1.29 is 4.79 Å². The van der Waals surface area contributed by atoms with Gasteiger partial charge in [-0.2, -0.15) is 0 Å². The molecule has 0 spiro atoms. The summed E-state index contributed by atoms with van der Waals surface area (Å²) in [6.45, 7) is 0.402. The Labute approximate surface area is 182 Å². The van der Waals surface area contributed by atoms with Crippen molar-refractivity contribution in [3.8, 4) is 0 Å². The summed E-state index contributed by atoms with van der Waals surface area (Å²) in [4.78, 5) is 37.7. The van der Waals surface area contributed by atoms with Gasteiger partial charge in [-0.25, -0.2) is 0 Å². The van der Waals surface area contributed by atoms with E-state index in [9.17, 15) is 14.4 Å². The van der Waals surface area contributed by atoms with Crippen molar-refractivity contribution in [1.82, 2.24) is 9.88 Å². The first-order valence-electron chi connectivity index (χ1n) is 9.16. The molecule has 0 atom stereocenters. The number of halogens is 1. The number of alkyl halides is 1. The molecule has 1 N–H and O–H groups in total. The van der Waals surface area contributed by atoms with Crippen LogP contribution in [0.5, 0.6) is 0 Å². The molecule has 3 aromatic carbocycles. The van der Waals surface area contributed by atoms with Crippen molar-refractivity contribution in [2.75, 3.05) is 11.0 Å². The summed E-state index contributed by atoms with van der Waals surface area (Å²) in [6, 6.07) is 15.8. The first kappa shape index (κ1) is 18.5. The Morgan fingerprint density at radius 3 is 2.31 bits per heavy atom. The van der Waals surface area contributed by atoms with Crippen LogP contribution in [0.2, 0.25) is 0 Å². The zero-order valence-corrected chi connectivity index (χ0v) is 18.2. The van der Waals surface area contributed by atoms with Gasteiger partial charge in [0.05, 0.1) is 4.43 Å². The largest absolute Gasteiger partial charge is 0.354 e. The summed E-state index contributed by atoms with van der Waals surface area (Å²) >= 11 is 3.64. The zero-order valence-electron chi connectivity index (χ0n) is 15.2. The molecule has 0 aliphatic carbocycles. The first-order valence-corrected chi connectivity index (χ1v) is 11.5. The van der Waals surface area contributed by atoms with E-state index in [1.54, 1.807) is 11.3 Å². The van der Waals surface area contributed by atoms with Crippen molar-refractivity contribution in [1.29, 1.82) is 0 Å². The highest BCUT2D eigenvalue weighted by atomic mass is 127. The highest BCUT2D eigenvalue weighted by molar-refractivity contribution is 14.1. The van der Waals surface area contributed by atoms with Gasteiger partial charge in [0.1, 0.15) is 0 Å². The molecule has 5 aromatic rings. The number of hydrogen-bond acceptors (Lipinski definition) is 4. The average molecular weight is 514 g/mol. The molecule has 0 aliphatic heterocycles. The summed E-state index contributed by atoms with van der Waals surface area (Å²) in [5, 5.41) is 7.70. The molecule has 5 nitrogen and oxygen atoms in total. The predicted octanol–water partition coefficient (Wildman–Crippen LogP) is 3.87. The van der Waals surface area contributed by atoms with E-state index in [0.29, 0.717) is 15.2 Å². The highest BCUT2D eigenvalue weighted by Gasteiger charge is 2.18. The van der Waals surface area contributed by atoms with Crippen LogP contribution in [0.3, 0.4) is 0 Å². The van der Waals surface area contributed by atoms with Gasteiger partial charge in [-0.05, 0) is 35.0 Å². The van der Waals surface area contributed by atoms with Gasteiger partial charge < -0.3 is 5.32 Å². The molecule has 0 bridgehead atoms. The summed E-state index contributed by atoms with van der Waals surface area (Å²) in [5.74, 6) is -0.114. The van der Waals surface area contributed by atoms with E-state index in [1.165, 1.54) is 9.27 Å². The number of aromatic nitrogens is 1. The summed E-state index contributed by atoms with van der Waals surface area (Å²) < 4.78 is 3.80. The molecule has 0 unspecified atom stereocenters. The van der Waals surface area contributed by atoms with E-state index in [0.717, 1.165) is 26.2 Å². The number of carbonyl (C=O) groups is 1. The van der Waals surface area contributed by atoms with Crippen LogP contribution in [0.25, 0.3) is 41.7 Å². The molecular formula is C22H15IN2O3S. The lowest BCUT2D eigenvalue weighted by molar-refractivity contribution is -0.118. The second-order valence-electron chi connectivity index (χ2n) is 6.87. The molecule has 29 heavy (non-hydrogen) atoms. The zero-order chi connectivity index (χ0) is 20.1. The van der Waals surface area contributed by atoms with Gasteiger partial charge in [-0.3, -0.25) is 19.0 Å². The molecule has 0 radical (unpaired) electrons. The molecule has 0 saturated carbocycles. The summed E-state index contributed by atoms with van der Waals surface area (Å²) in [5.41, 5.74) is -0.613. The van der Waals surface area contributed by atoms with Crippen LogP contribution in [0.1, 0.15) is 0 Å². The molecule has 0 aliphatic rings. The number of carbonyl (C=O) groups excluding carboxylic acids is 1. The van der Waals surface area contributed by atoms with E-state index in [-0.39, 0.29) is 30.1 Å².